The maximum atomic E-state index is 12.4. The summed E-state index contributed by atoms with van der Waals surface area (Å²) < 4.78 is 0. The Bertz CT molecular complexity index is 539. The van der Waals surface area contributed by atoms with Crippen molar-refractivity contribution in [2.24, 2.45) is 0 Å². The number of amides is 2. The van der Waals surface area contributed by atoms with Crippen molar-refractivity contribution in [3.63, 3.8) is 0 Å². The van der Waals surface area contributed by atoms with Gasteiger partial charge in [0.1, 0.15) is 0 Å². The Hall–Kier alpha value is -1.68. The number of nitrogens with one attached hydrogen (secondary N) is 1. The van der Waals surface area contributed by atoms with Gasteiger partial charge in [-0.15, -0.1) is 0 Å². The van der Waals surface area contributed by atoms with Crippen molar-refractivity contribution < 1.29 is 14.7 Å². The highest BCUT2D eigenvalue weighted by molar-refractivity contribution is 6.03. The largest absolute Gasteiger partial charge is 0.396 e. The predicted octanol–water partition coefficient (Wildman–Crippen LogP) is 1.75. The van der Waals surface area contributed by atoms with E-state index in [-0.39, 0.29) is 18.4 Å². The van der Waals surface area contributed by atoms with Gasteiger partial charge in [0, 0.05) is 13.0 Å². The molecule has 1 heterocycles. The molecule has 1 atom stereocenters. The third-order valence-corrected chi connectivity index (χ3v) is 4.29. The first kappa shape index (κ1) is 14.7. The van der Waals surface area contributed by atoms with E-state index in [1.807, 2.05) is 32.0 Å². The quantitative estimate of drug-likeness (QED) is 0.823. The van der Waals surface area contributed by atoms with Gasteiger partial charge in [0.15, 0.2) is 0 Å². The average molecular weight is 275 g/mol. The molecule has 1 fully saturated rings. The fourth-order valence-corrected chi connectivity index (χ4v) is 2.83. The highest BCUT2D eigenvalue weighted by Crippen LogP contribution is 2.37. The first-order valence-electron chi connectivity index (χ1n) is 7.02. The van der Waals surface area contributed by atoms with Crippen LogP contribution in [0.25, 0.3) is 0 Å². The van der Waals surface area contributed by atoms with Crippen LogP contribution < -0.4 is 5.32 Å². The molecule has 0 spiro atoms. The van der Waals surface area contributed by atoms with Crippen LogP contribution in [0.1, 0.15) is 42.4 Å². The number of rotatable bonds is 4. The van der Waals surface area contributed by atoms with Crippen molar-refractivity contribution in [1.29, 1.82) is 0 Å². The zero-order chi connectivity index (χ0) is 14.8. The summed E-state index contributed by atoms with van der Waals surface area (Å²) in [5.74, 6) is -0.441. The van der Waals surface area contributed by atoms with E-state index in [9.17, 15) is 9.59 Å². The molecule has 4 nitrogen and oxygen atoms in total. The molecule has 0 aromatic heterocycles. The maximum Gasteiger partial charge on any atom is 0.237 e. The number of benzene rings is 1. The Balaban J connectivity index is 2.43. The van der Waals surface area contributed by atoms with E-state index in [2.05, 4.69) is 5.32 Å². The van der Waals surface area contributed by atoms with Gasteiger partial charge in [-0.25, -0.2) is 0 Å². The molecule has 2 rings (SSSR count). The Morgan fingerprint density at radius 2 is 2.00 bits per heavy atom. The number of aliphatic hydroxyl groups excluding tert-OH is 1. The number of piperidine rings is 1. The Morgan fingerprint density at radius 1 is 1.25 bits per heavy atom. The molecule has 1 saturated heterocycles. The van der Waals surface area contributed by atoms with Gasteiger partial charge in [0.05, 0.1) is 5.41 Å². The number of carbonyl (C=O) groups is 2. The molecule has 0 radical (unpaired) electrons. The molecule has 2 amide bonds. The van der Waals surface area contributed by atoms with Gasteiger partial charge in [-0.05, 0) is 49.8 Å². The molecule has 0 bridgehead atoms. The highest BCUT2D eigenvalue weighted by Gasteiger charge is 2.43. The van der Waals surface area contributed by atoms with Gasteiger partial charge in [-0.2, -0.15) is 0 Å². The minimum absolute atomic E-state index is 0.0494. The lowest BCUT2D eigenvalue weighted by Gasteiger charge is -2.36. The summed E-state index contributed by atoms with van der Waals surface area (Å²) in [5, 5.41) is 11.5. The SMILES string of the molecule is Cc1ccc([C@@]2(CCCO)CCC(=O)NC2=O)cc1C. The Morgan fingerprint density at radius 3 is 2.60 bits per heavy atom. The van der Waals surface area contributed by atoms with Crippen molar-refractivity contribution in [3.8, 4) is 0 Å². The number of imide groups is 1. The molecule has 1 aliphatic rings. The zero-order valence-corrected chi connectivity index (χ0v) is 12.0. The van der Waals surface area contributed by atoms with Crippen LogP contribution in [-0.4, -0.2) is 23.5 Å². The summed E-state index contributed by atoms with van der Waals surface area (Å²) in [7, 11) is 0. The van der Waals surface area contributed by atoms with Crippen LogP contribution in [0.3, 0.4) is 0 Å². The predicted molar refractivity (Wildman–Crippen MR) is 76.3 cm³/mol. The molecule has 4 heteroatoms. The Labute approximate surface area is 119 Å². The van der Waals surface area contributed by atoms with Gasteiger partial charge in [0.25, 0.3) is 0 Å². The van der Waals surface area contributed by atoms with Crippen LogP contribution in [0.4, 0.5) is 0 Å². The zero-order valence-electron chi connectivity index (χ0n) is 12.0. The first-order valence-corrected chi connectivity index (χ1v) is 7.02. The second kappa shape index (κ2) is 5.75. The molecular formula is C16H21NO3. The van der Waals surface area contributed by atoms with Crippen molar-refractivity contribution >= 4 is 11.8 Å². The summed E-state index contributed by atoms with van der Waals surface area (Å²) in [5.41, 5.74) is 2.57. The highest BCUT2D eigenvalue weighted by atomic mass is 16.3. The van der Waals surface area contributed by atoms with Crippen LogP contribution in [0.2, 0.25) is 0 Å². The van der Waals surface area contributed by atoms with Crippen LogP contribution in [0.5, 0.6) is 0 Å². The van der Waals surface area contributed by atoms with Crippen molar-refractivity contribution in [2.75, 3.05) is 6.61 Å². The lowest BCUT2D eigenvalue weighted by atomic mass is 9.70. The topological polar surface area (TPSA) is 66.4 Å². The van der Waals surface area contributed by atoms with Gasteiger partial charge in [0.2, 0.25) is 11.8 Å². The number of hydrogen-bond donors (Lipinski definition) is 2. The molecule has 1 aliphatic heterocycles. The van der Waals surface area contributed by atoms with E-state index >= 15 is 0 Å². The van der Waals surface area contributed by atoms with Crippen LogP contribution in [0.15, 0.2) is 18.2 Å². The van der Waals surface area contributed by atoms with Gasteiger partial charge in [-0.1, -0.05) is 18.2 Å². The van der Waals surface area contributed by atoms with E-state index in [0.29, 0.717) is 25.7 Å². The monoisotopic (exact) mass is 275 g/mol. The number of aryl methyl sites for hydroxylation is 2. The van der Waals surface area contributed by atoms with Crippen LogP contribution in [-0.2, 0) is 15.0 Å². The number of aliphatic hydroxyl groups is 1. The minimum Gasteiger partial charge on any atom is -0.396 e. The normalized spacial score (nSPS) is 22.8. The molecule has 0 aliphatic carbocycles. The summed E-state index contributed by atoms with van der Waals surface area (Å²) in [6, 6.07) is 6.01. The second-order valence-corrected chi connectivity index (χ2v) is 5.59. The van der Waals surface area contributed by atoms with E-state index in [1.165, 1.54) is 5.56 Å². The van der Waals surface area contributed by atoms with Crippen molar-refractivity contribution in [1.82, 2.24) is 5.32 Å². The number of hydrogen-bond acceptors (Lipinski definition) is 3. The first-order chi connectivity index (χ1) is 9.49. The van der Waals surface area contributed by atoms with Crippen molar-refractivity contribution in [2.45, 2.75) is 44.9 Å². The minimum atomic E-state index is -0.685. The molecule has 1 aromatic rings. The molecule has 20 heavy (non-hydrogen) atoms. The van der Waals surface area contributed by atoms with E-state index in [1.54, 1.807) is 0 Å². The van der Waals surface area contributed by atoms with Crippen LogP contribution in [0, 0.1) is 13.8 Å². The fraction of sp³-hybridized carbons (Fsp3) is 0.500. The molecular weight excluding hydrogens is 254 g/mol. The van der Waals surface area contributed by atoms with Crippen LogP contribution >= 0.6 is 0 Å². The second-order valence-electron chi connectivity index (χ2n) is 5.59. The van der Waals surface area contributed by atoms with E-state index in [0.717, 1.165) is 11.1 Å². The van der Waals surface area contributed by atoms with E-state index in [4.69, 9.17) is 5.11 Å². The number of carbonyl (C=O) groups excluding carboxylic acids is 2. The summed E-state index contributed by atoms with van der Waals surface area (Å²) in [4.78, 5) is 23.8. The maximum absolute atomic E-state index is 12.4. The lowest BCUT2D eigenvalue weighted by molar-refractivity contribution is -0.138. The fourth-order valence-electron chi connectivity index (χ4n) is 2.83. The van der Waals surface area contributed by atoms with Gasteiger partial charge in [-0.3, -0.25) is 14.9 Å². The molecule has 0 unspecified atom stereocenters. The van der Waals surface area contributed by atoms with Crippen molar-refractivity contribution in [3.05, 3.63) is 34.9 Å². The molecule has 2 N–H and O–H groups in total. The van der Waals surface area contributed by atoms with Gasteiger partial charge >= 0.3 is 0 Å². The summed E-state index contributed by atoms with van der Waals surface area (Å²) >= 11 is 0. The summed E-state index contributed by atoms with van der Waals surface area (Å²) in [6.45, 7) is 4.10. The smallest absolute Gasteiger partial charge is 0.237 e. The molecule has 108 valence electrons. The molecule has 1 aromatic carbocycles. The third kappa shape index (κ3) is 2.61. The Kier molecular flexibility index (Phi) is 4.23. The van der Waals surface area contributed by atoms with Gasteiger partial charge < -0.3 is 5.11 Å². The summed E-state index contributed by atoms with van der Waals surface area (Å²) in [6.07, 6.45) is 1.98. The standard InChI is InChI=1S/C16H21NO3/c1-11-4-5-13(10-12(11)2)16(7-3-9-18)8-6-14(19)17-15(16)20/h4-5,10,18H,3,6-9H2,1-2H3,(H,17,19,20)/t16-/m1/s1. The third-order valence-electron chi connectivity index (χ3n) is 4.29. The van der Waals surface area contributed by atoms with E-state index < -0.39 is 5.41 Å². The average Bonchev–Trinajstić information content (AvgIpc) is 2.42. The lowest BCUT2D eigenvalue weighted by Crippen LogP contribution is -2.51. The molecule has 0 saturated carbocycles.